The van der Waals surface area contributed by atoms with E-state index in [1.165, 1.54) is 19.4 Å². The Morgan fingerprint density at radius 1 is 1.31 bits per heavy atom. The Bertz CT molecular complexity index is 386. The molecule has 0 atom stereocenters. The predicted octanol–water partition coefficient (Wildman–Crippen LogP) is 1.79. The molecule has 0 bridgehead atoms. The van der Waals surface area contributed by atoms with Gasteiger partial charge in [0.15, 0.2) is 11.6 Å². The molecule has 0 radical (unpaired) electrons. The third-order valence-corrected chi connectivity index (χ3v) is 3.17. The first kappa shape index (κ1) is 10.2. The molecule has 2 N–H and O–H groups in total. The molecule has 0 aromatic heterocycles. The standard InChI is InChI=1S/C8H10F2NOP/c1-13(2,12)8-6(11)4-3-5(9)7(8)10/h3-4H,11H2,1-2H3. The lowest BCUT2D eigenvalue weighted by Crippen LogP contribution is -2.15. The van der Waals surface area contributed by atoms with E-state index in [-0.39, 0.29) is 11.0 Å². The Morgan fingerprint density at radius 3 is 2.23 bits per heavy atom. The van der Waals surface area contributed by atoms with Crippen molar-refractivity contribution in [2.24, 2.45) is 0 Å². The fourth-order valence-electron chi connectivity index (χ4n) is 1.10. The summed E-state index contributed by atoms with van der Waals surface area (Å²) in [6.45, 7) is 2.70. The zero-order valence-electron chi connectivity index (χ0n) is 7.34. The molecule has 0 saturated heterocycles. The average molecular weight is 205 g/mol. The number of nitrogen functional groups attached to an aromatic ring is 1. The van der Waals surface area contributed by atoms with E-state index in [0.717, 1.165) is 6.07 Å². The number of hydrogen-bond acceptors (Lipinski definition) is 2. The first-order chi connectivity index (χ1) is 5.84. The van der Waals surface area contributed by atoms with Gasteiger partial charge in [-0.3, -0.25) is 0 Å². The molecule has 2 nitrogen and oxygen atoms in total. The van der Waals surface area contributed by atoms with Gasteiger partial charge in [-0.15, -0.1) is 0 Å². The molecule has 0 amide bonds. The zero-order valence-corrected chi connectivity index (χ0v) is 8.24. The van der Waals surface area contributed by atoms with E-state index in [4.69, 9.17) is 5.73 Å². The Labute approximate surface area is 75.1 Å². The van der Waals surface area contributed by atoms with Crippen LogP contribution in [0, 0.1) is 11.6 Å². The van der Waals surface area contributed by atoms with Crippen LogP contribution in [0.5, 0.6) is 0 Å². The van der Waals surface area contributed by atoms with Crippen LogP contribution in [0.4, 0.5) is 14.5 Å². The van der Waals surface area contributed by atoms with Gasteiger partial charge >= 0.3 is 0 Å². The summed E-state index contributed by atoms with van der Waals surface area (Å²) in [4.78, 5) is 0. The summed E-state index contributed by atoms with van der Waals surface area (Å²) >= 11 is 0. The Morgan fingerprint density at radius 2 is 1.85 bits per heavy atom. The highest BCUT2D eigenvalue weighted by molar-refractivity contribution is 7.70. The first-order valence-electron chi connectivity index (χ1n) is 3.63. The molecule has 0 aliphatic carbocycles. The minimum absolute atomic E-state index is 0.0345. The second kappa shape index (κ2) is 3.11. The first-order valence-corrected chi connectivity index (χ1v) is 6.23. The quantitative estimate of drug-likeness (QED) is 0.561. The van der Waals surface area contributed by atoms with E-state index >= 15 is 0 Å². The number of nitrogens with two attached hydrogens (primary N) is 1. The van der Waals surface area contributed by atoms with Gasteiger partial charge in [0.1, 0.15) is 7.14 Å². The van der Waals surface area contributed by atoms with Gasteiger partial charge < -0.3 is 10.3 Å². The second-order valence-electron chi connectivity index (χ2n) is 3.15. The molecule has 1 aromatic carbocycles. The van der Waals surface area contributed by atoms with Crippen molar-refractivity contribution in [3.8, 4) is 0 Å². The fourth-order valence-corrected chi connectivity index (χ4v) is 2.38. The Hall–Kier alpha value is -0.890. The van der Waals surface area contributed by atoms with E-state index in [1.807, 2.05) is 0 Å². The van der Waals surface area contributed by atoms with E-state index < -0.39 is 18.8 Å². The predicted molar refractivity (Wildman–Crippen MR) is 49.9 cm³/mol. The van der Waals surface area contributed by atoms with Crippen LogP contribution in [-0.4, -0.2) is 13.3 Å². The topological polar surface area (TPSA) is 43.1 Å². The normalized spacial score (nSPS) is 11.7. The molecule has 72 valence electrons. The fraction of sp³-hybridized carbons (Fsp3) is 0.250. The lowest BCUT2D eigenvalue weighted by Gasteiger charge is -2.11. The van der Waals surface area contributed by atoms with E-state index in [0.29, 0.717) is 0 Å². The molecule has 0 fully saturated rings. The molecule has 0 heterocycles. The molecule has 13 heavy (non-hydrogen) atoms. The largest absolute Gasteiger partial charge is 0.398 e. The summed E-state index contributed by atoms with van der Waals surface area (Å²) in [5.41, 5.74) is 5.43. The number of halogens is 2. The van der Waals surface area contributed by atoms with Crippen molar-refractivity contribution in [2.45, 2.75) is 0 Å². The van der Waals surface area contributed by atoms with E-state index in [1.54, 1.807) is 0 Å². The number of rotatable bonds is 1. The van der Waals surface area contributed by atoms with Crippen molar-refractivity contribution in [1.82, 2.24) is 0 Å². The van der Waals surface area contributed by atoms with Gasteiger partial charge in [-0.25, -0.2) is 8.78 Å². The van der Waals surface area contributed by atoms with E-state index in [9.17, 15) is 13.3 Å². The Balaban J connectivity index is 3.52. The zero-order chi connectivity index (χ0) is 10.2. The third-order valence-electron chi connectivity index (χ3n) is 1.64. The van der Waals surface area contributed by atoms with Crippen LogP contribution >= 0.6 is 7.14 Å². The molecule has 0 saturated carbocycles. The summed E-state index contributed by atoms with van der Waals surface area (Å²) in [6, 6.07) is 2.14. The maximum Gasteiger partial charge on any atom is 0.171 e. The van der Waals surface area contributed by atoms with Gasteiger partial charge in [0.05, 0.1) is 5.30 Å². The van der Waals surface area contributed by atoms with Crippen molar-refractivity contribution in [2.75, 3.05) is 19.1 Å². The van der Waals surface area contributed by atoms with Crippen molar-refractivity contribution >= 4 is 18.1 Å². The van der Waals surface area contributed by atoms with Gasteiger partial charge in [-0.05, 0) is 25.5 Å². The monoisotopic (exact) mass is 205 g/mol. The molecule has 0 aliphatic rings. The van der Waals surface area contributed by atoms with Crippen LogP contribution in [0.2, 0.25) is 0 Å². The number of benzene rings is 1. The summed E-state index contributed by atoms with van der Waals surface area (Å²) in [5, 5.41) is -0.201. The lowest BCUT2D eigenvalue weighted by atomic mass is 10.3. The van der Waals surface area contributed by atoms with Gasteiger partial charge in [0, 0.05) is 5.69 Å². The third kappa shape index (κ3) is 1.89. The second-order valence-corrected chi connectivity index (χ2v) is 6.30. The van der Waals surface area contributed by atoms with Crippen LogP contribution in [0.25, 0.3) is 0 Å². The number of anilines is 1. The van der Waals surface area contributed by atoms with Crippen LogP contribution in [0.15, 0.2) is 12.1 Å². The van der Waals surface area contributed by atoms with Crippen LogP contribution in [0.3, 0.4) is 0 Å². The SMILES string of the molecule is CP(C)(=O)c1c(N)ccc(F)c1F. The Kier molecular flexibility index (Phi) is 2.44. The van der Waals surface area contributed by atoms with E-state index in [2.05, 4.69) is 0 Å². The molecule has 1 aromatic rings. The molecule has 5 heteroatoms. The van der Waals surface area contributed by atoms with Gasteiger partial charge in [0.25, 0.3) is 0 Å². The summed E-state index contributed by atoms with van der Waals surface area (Å²) in [7, 11) is -2.86. The average Bonchev–Trinajstić information content (AvgIpc) is 1.95. The summed E-state index contributed by atoms with van der Waals surface area (Å²) in [5.74, 6) is -2.12. The van der Waals surface area contributed by atoms with Crippen LogP contribution in [-0.2, 0) is 4.57 Å². The molecular formula is C8H10F2NOP. The van der Waals surface area contributed by atoms with Gasteiger partial charge in [-0.1, -0.05) is 0 Å². The summed E-state index contributed by atoms with van der Waals surface area (Å²) < 4.78 is 37.4. The highest BCUT2D eigenvalue weighted by Gasteiger charge is 2.22. The maximum absolute atomic E-state index is 13.1. The highest BCUT2D eigenvalue weighted by atomic mass is 31.2. The number of hydrogen-bond donors (Lipinski definition) is 1. The highest BCUT2D eigenvalue weighted by Crippen LogP contribution is 2.38. The molecular weight excluding hydrogens is 195 g/mol. The lowest BCUT2D eigenvalue weighted by molar-refractivity contribution is 0.513. The summed E-state index contributed by atoms with van der Waals surface area (Å²) in [6.07, 6.45) is 0. The van der Waals surface area contributed by atoms with Crippen molar-refractivity contribution in [3.63, 3.8) is 0 Å². The molecule has 1 rings (SSSR count). The minimum atomic E-state index is -2.86. The maximum atomic E-state index is 13.1. The van der Waals surface area contributed by atoms with Crippen LogP contribution < -0.4 is 11.0 Å². The van der Waals surface area contributed by atoms with Crippen molar-refractivity contribution in [1.29, 1.82) is 0 Å². The minimum Gasteiger partial charge on any atom is -0.398 e. The smallest absolute Gasteiger partial charge is 0.171 e. The van der Waals surface area contributed by atoms with Crippen molar-refractivity contribution < 1.29 is 13.3 Å². The molecule has 0 spiro atoms. The van der Waals surface area contributed by atoms with Crippen molar-refractivity contribution in [3.05, 3.63) is 23.8 Å². The molecule has 0 unspecified atom stereocenters. The molecule has 0 aliphatic heterocycles. The van der Waals surface area contributed by atoms with Gasteiger partial charge in [0.2, 0.25) is 0 Å². The van der Waals surface area contributed by atoms with Crippen LogP contribution in [0.1, 0.15) is 0 Å². The van der Waals surface area contributed by atoms with Gasteiger partial charge in [-0.2, -0.15) is 0 Å².